The average Bonchev–Trinajstić information content (AvgIpc) is 3.02. The Labute approximate surface area is 185 Å². The van der Waals surface area contributed by atoms with Crippen LogP contribution in [-0.2, 0) is 14.8 Å². The highest BCUT2D eigenvalue weighted by Gasteiger charge is 2.17. The number of thiazole rings is 1. The molecule has 0 saturated heterocycles. The molecule has 0 saturated carbocycles. The number of anilines is 2. The first-order valence-electron chi connectivity index (χ1n) is 9.64. The lowest BCUT2D eigenvalue weighted by molar-refractivity contribution is -0.122. The molecular formula is C21H25N3O5S2. The molecule has 3 aromatic rings. The van der Waals surface area contributed by atoms with Crippen LogP contribution in [0, 0.1) is 0 Å². The predicted molar refractivity (Wildman–Crippen MR) is 125 cm³/mol. The molecule has 10 heteroatoms. The van der Waals surface area contributed by atoms with E-state index in [1.807, 2.05) is 19.9 Å². The summed E-state index contributed by atoms with van der Waals surface area (Å²) in [5, 5.41) is 2.81. The molecule has 1 atom stereocenters. The van der Waals surface area contributed by atoms with E-state index in [0.29, 0.717) is 17.1 Å². The third-order valence-corrected chi connectivity index (χ3v) is 6.90. The lowest BCUT2D eigenvalue weighted by atomic mass is 10.2. The Balaban J connectivity index is 1.69. The van der Waals surface area contributed by atoms with Gasteiger partial charge in [0.15, 0.2) is 6.10 Å². The van der Waals surface area contributed by atoms with Gasteiger partial charge < -0.3 is 10.1 Å². The van der Waals surface area contributed by atoms with Crippen LogP contribution in [0.3, 0.4) is 0 Å². The topological polar surface area (TPSA) is 97.7 Å². The number of carbonyl (C=O) groups is 1. The smallest absolute Gasteiger partial charge is 0.308 e. The molecule has 0 radical (unpaired) electrons. The van der Waals surface area contributed by atoms with E-state index < -0.39 is 16.1 Å². The van der Waals surface area contributed by atoms with Crippen LogP contribution in [-0.4, -0.2) is 38.3 Å². The van der Waals surface area contributed by atoms with Crippen molar-refractivity contribution < 1.29 is 17.9 Å². The highest BCUT2D eigenvalue weighted by atomic mass is 32.2. The number of aromatic nitrogens is 1. The number of carbonyl (C=O) groups excluding carboxylic acids is 1. The maximum Gasteiger partial charge on any atom is 0.308 e. The summed E-state index contributed by atoms with van der Waals surface area (Å²) in [4.78, 5) is 24.7. The zero-order valence-electron chi connectivity index (χ0n) is 17.9. The van der Waals surface area contributed by atoms with Gasteiger partial charge in [-0.25, -0.2) is 8.42 Å². The SMILES string of the molecule is CC(C)n1c(=O)sc2cc(NC(=O)[C@H](C)Oc3ccc(N(C)S(C)(=O)=O)cc3)ccc21. The molecule has 8 nitrogen and oxygen atoms in total. The van der Waals surface area contributed by atoms with Crippen molar-refractivity contribution in [2.75, 3.05) is 22.9 Å². The van der Waals surface area contributed by atoms with Crippen LogP contribution in [0.15, 0.2) is 47.3 Å². The fourth-order valence-electron chi connectivity index (χ4n) is 3.03. The molecule has 0 aliphatic carbocycles. The molecule has 1 heterocycles. The van der Waals surface area contributed by atoms with E-state index in [2.05, 4.69) is 5.32 Å². The van der Waals surface area contributed by atoms with E-state index in [1.54, 1.807) is 47.9 Å². The monoisotopic (exact) mass is 463 g/mol. The van der Waals surface area contributed by atoms with Crippen LogP contribution >= 0.6 is 11.3 Å². The minimum absolute atomic E-state index is 0.0323. The Kier molecular flexibility index (Phi) is 6.42. The lowest BCUT2D eigenvalue weighted by Gasteiger charge is -2.18. The zero-order chi connectivity index (χ0) is 22.9. The molecule has 0 bridgehead atoms. The summed E-state index contributed by atoms with van der Waals surface area (Å²) in [7, 11) is -1.89. The van der Waals surface area contributed by atoms with Gasteiger partial charge >= 0.3 is 4.87 Å². The van der Waals surface area contributed by atoms with Crippen molar-refractivity contribution in [2.24, 2.45) is 0 Å². The van der Waals surface area contributed by atoms with E-state index >= 15 is 0 Å². The Morgan fingerprint density at radius 1 is 1.13 bits per heavy atom. The maximum atomic E-state index is 12.6. The minimum Gasteiger partial charge on any atom is -0.481 e. The third-order valence-electron chi connectivity index (χ3n) is 4.78. The van der Waals surface area contributed by atoms with Crippen molar-refractivity contribution in [3.63, 3.8) is 0 Å². The fourth-order valence-corrected chi connectivity index (χ4v) is 4.59. The second-order valence-electron chi connectivity index (χ2n) is 7.49. The Morgan fingerprint density at radius 3 is 2.35 bits per heavy atom. The predicted octanol–water partition coefficient (Wildman–Crippen LogP) is 3.45. The molecule has 0 fully saturated rings. The number of fused-ring (bicyclic) bond motifs is 1. The minimum atomic E-state index is -3.35. The largest absolute Gasteiger partial charge is 0.481 e. The van der Waals surface area contributed by atoms with Crippen molar-refractivity contribution >= 4 is 48.9 Å². The summed E-state index contributed by atoms with van der Waals surface area (Å²) in [5.74, 6) is 0.100. The van der Waals surface area contributed by atoms with Crippen LogP contribution in [0.5, 0.6) is 5.75 Å². The Bertz CT molecular complexity index is 1260. The number of ether oxygens (including phenoxy) is 1. The van der Waals surface area contributed by atoms with Gasteiger partial charge in [0.05, 0.1) is 22.2 Å². The quantitative estimate of drug-likeness (QED) is 0.579. The molecule has 0 aliphatic rings. The first-order chi connectivity index (χ1) is 14.5. The van der Waals surface area contributed by atoms with Crippen molar-refractivity contribution in [2.45, 2.75) is 32.9 Å². The van der Waals surface area contributed by atoms with Gasteiger partial charge in [0, 0.05) is 18.8 Å². The van der Waals surface area contributed by atoms with Gasteiger partial charge in [0.25, 0.3) is 5.91 Å². The normalized spacial score (nSPS) is 12.7. The summed E-state index contributed by atoms with van der Waals surface area (Å²) in [5.41, 5.74) is 1.91. The van der Waals surface area contributed by atoms with Crippen LogP contribution in [0.1, 0.15) is 26.8 Å². The van der Waals surface area contributed by atoms with Gasteiger partial charge in [-0.05, 0) is 63.2 Å². The van der Waals surface area contributed by atoms with E-state index in [1.165, 1.54) is 7.05 Å². The van der Waals surface area contributed by atoms with E-state index in [0.717, 1.165) is 32.1 Å². The molecule has 3 rings (SSSR count). The number of benzene rings is 2. The lowest BCUT2D eigenvalue weighted by Crippen LogP contribution is -2.30. The Morgan fingerprint density at radius 2 is 1.77 bits per heavy atom. The van der Waals surface area contributed by atoms with Crippen molar-refractivity contribution in [3.8, 4) is 5.75 Å². The molecule has 1 amide bonds. The number of amides is 1. The first-order valence-corrected chi connectivity index (χ1v) is 12.3. The van der Waals surface area contributed by atoms with Gasteiger partial charge in [-0.15, -0.1) is 0 Å². The van der Waals surface area contributed by atoms with E-state index in [-0.39, 0.29) is 16.8 Å². The van der Waals surface area contributed by atoms with Crippen LogP contribution in [0.25, 0.3) is 10.2 Å². The van der Waals surface area contributed by atoms with Gasteiger partial charge in [-0.2, -0.15) is 0 Å². The average molecular weight is 464 g/mol. The fraction of sp³-hybridized carbons (Fsp3) is 0.333. The summed E-state index contributed by atoms with van der Waals surface area (Å²) >= 11 is 1.14. The van der Waals surface area contributed by atoms with Gasteiger partial charge in [0.2, 0.25) is 10.0 Å². The highest BCUT2D eigenvalue weighted by Crippen LogP contribution is 2.25. The van der Waals surface area contributed by atoms with Crippen molar-refractivity contribution in [1.82, 2.24) is 4.57 Å². The number of sulfonamides is 1. The highest BCUT2D eigenvalue weighted by molar-refractivity contribution is 7.92. The molecule has 166 valence electrons. The molecule has 1 aromatic heterocycles. The second kappa shape index (κ2) is 8.72. The standard InChI is InChI=1S/C21H25N3O5S2/c1-13(2)24-18-11-6-15(12-19(18)30-21(24)26)22-20(25)14(3)29-17-9-7-16(8-10-17)23(4)31(5,27)28/h6-14H,1-5H3,(H,22,25)/t14-/m0/s1. The number of nitrogens with zero attached hydrogens (tertiary/aromatic N) is 2. The van der Waals surface area contributed by atoms with E-state index in [9.17, 15) is 18.0 Å². The maximum absolute atomic E-state index is 12.6. The molecule has 1 N–H and O–H groups in total. The number of hydrogen-bond acceptors (Lipinski definition) is 6. The summed E-state index contributed by atoms with van der Waals surface area (Å²) in [6.45, 7) is 5.53. The Hall–Kier alpha value is -2.85. The van der Waals surface area contributed by atoms with Gasteiger partial charge in [-0.3, -0.25) is 18.5 Å². The van der Waals surface area contributed by atoms with Crippen molar-refractivity contribution in [1.29, 1.82) is 0 Å². The molecule has 2 aromatic carbocycles. The van der Waals surface area contributed by atoms with Gasteiger partial charge in [-0.1, -0.05) is 11.3 Å². The molecule has 0 spiro atoms. The zero-order valence-corrected chi connectivity index (χ0v) is 19.6. The molecule has 0 unspecified atom stereocenters. The van der Waals surface area contributed by atoms with Crippen LogP contribution < -0.4 is 19.2 Å². The number of nitrogens with one attached hydrogen (secondary N) is 1. The summed E-state index contributed by atoms with van der Waals surface area (Å²) in [6, 6.07) is 11.9. The van der Waals surface area contributed by atoms with Crippen LogP contribution in [0.4, 0.5) is 11.4 Å². The first kappa shape index (κ1) is 22.8. The molecular weight excluding hydrogens is 438 g/mol. The number of hydrogen-bond donors (Lipinski definition) is 1. The summed E-state index contributed by atoms with van der Waals surface area (Å²) in [6.07, 6.45) is 0.338. The number of rotatable bonds is 7. The third kappa shape index (κ3) is 5.08. The second-order valence-corrected chi connectivity index (χ2v) is 10.5. The molecule has 0 aliphatic heterocycles. The van der Waals surface area contributed by atoms with E-state index in [4.69, 9.17) is 4.74 Å². The van der Waals surface area contributed by atoms with Gasteiger partial charge in [0.1, 0.15) is 5.75 Å². The van der Waals surface area contributed by atoms with Crippen LogP contribution in [0.2, 0.25) is 0 Å². The molecule has 31 heavy (non-hydrogen) atoms. The van der Waals surface area contributed by atoms with Crippen molar-refractivity contribution in [3.05, 3.63) is 52.1 Å². The summed E-state index contributed by atoms with van der Waals surface area (Å²) < 4.78 is 32.6.